The molecule has 0 aliphatic rings. The molecule has 0 spiro atoms. The molecule has 0 bridgehead atoms. The van der Waals surface area contributed by atoms with Crippen LogP contribution in [0, 0.1) is 5.82 Å². The maximum Gasteiger partial charge on any atom is 0.337 e. The van der Waals surface area contributed by atoms with Crippen LogP contribution in [0.5, 0.6) is 0 Å². The van der Waals surface area contributed by atoms with E-state index in [1.54, 1.807) is 54.6 Å². The predicted molar refractivity (Wildman–Crippen MR) is 119 cm³/mol. The van der Waals surface area contributed by atoms with Gasteiger partial charge in [0.2, 0.25) is 0 Å². The first kappa shape index (κ1) is 23.6. The van der Waals surface area contributed by atoms with Crippen LogP contribution < -0.4 is 5.84 Å². The minimum absolute atomic E-state index is 0.105. The van der Waals surface area contributed by atoms with Gasteiger partial charge >= 0.3 is 5.97 Å². The molecular weight excluding hydrogens is 435 g/mol. The Bertz CT molecular complexity index is 1110. The Kier molecular flexibility index (Phi) is 7.37. The van der Waals surface area contributed by atoms with Crippen molar-refractivity contribution in [3.05, 3.63) is 94.8 Å². The van der Waals surface area contributed by atoms with Crippen LogP contribution in [-0.2, 0) is 11.3 Å². The van der Waals surface area contributed by atoms with E-state index in [1.807, 2.05) is 0 Å². The van der Waals surface area contributed by atoms with E-state index in [0.29, 0.717) is 27.3 Å². The van der Waals surface area contributed by atoms with Gasteiger partial charge in [0.1, 0.15) is 5.82 Å². The third-order valence-corrected chi connectivity index (χ3v) is 5.23. The number of ketones is 1. The molecule has 0 fully saturated rings. The lowest BCUT2D eigenvalue weighted by atomic mass is 9.93. The molecule has 0 aliphatic heterocycles. The highest BCUT2D eigenvalue weighted by Gasteiger charge is 2.40. The fourth-order valence-corrected chi connectivity index (χ4v) is 3.50. The smallest absolute Gasteiger partial charge is 0.337 e. The van der Waals surface area contributed by atoms with Crippen LogP contribution in [0.2, 0.25) is 5.02 Å². The second-order valence-electron chi connectivity index (χ2n) is 7.53. The van der Waals surface area contributed by atoms with E-state index in [2.05, 4.69) is 0 Å². The molecule has 0 heterocycles. The second-order valence-corrected chi connectivity index (χ2v) is 7.97. The average molecular weight is 457 g/mol. The number of nitrogens with zero attached hydrogens (tertiary/aromatic N) is 1. The number of aliphatic carboxylic acids is 1. The van der Waals surface area contributed by atoms with Crippen LogP contribution in [-0.4, -0.2) is 39.1 Å². The predicted octanol–water partition coefficient (Wildman–Crippen LogP) is 3.91. The molecule has 32 heavy (non-hydrogen) atoms. The number of Topliss-reactive ketones (excluding diaryl/α,β-unsaturated/α-hetero) is 1. The molecular formula is C24H22ClFN2O4. The molecule has 0 aliphatic carbocycles. The van der Waals surface area contributed by atoms with Gasteiger partial charge in [0.25, 0.3) is 0 Å². The fraction of sp³-hybridized carbons (Fsp3) is 0.167. The van der Waals surface area contributed by atoms with E-state index in [1.165, 1.54) is 18.2 Å². The van der Waals surface area contributed by atoms with Gasteiger partial charge in [0, 0.05) is 22.7 Å². The van der Waals surface area contributed by atoms with Crippen molar-refractivity contribution in [2.45, 2.75) is 18.6 Å². The molecule has 0 aromatic heterocycles. The van der Waals surface area contributed by atoms with E-state index < -0.39 is 36.1 Å². The first-order chi connectivity index (χ1) is 15.2. The highest BCUT2D eigenvalue weighted by molar-refractivity contribution is 6.30. The molecule has 0 saturated heterocycles. The number of carbonyl (C=O) groups is 2. The Balaban J connectivity index is 1.68. The van der Waals surface area contributed by atoms with E-state index in [4.69, 9.17) is 17.4 Å². The minimum Gasteiger partial charge on any atom is -0.479 e. The molecule has 0 unspecified atom stereocenters. The van der Waals surface area contributed by atoms with Gasteiger partial charge in [-0.1, -0.05) is 66.2 Å². The van der Waals surface area contributed by atoms with Crippen LogP contribution >= 0.6 is 11.6 Å². The molecule has 8 heteroatoms. The lowest BCUT2D eigenvalue weighted by Gasteiger charge is -2.28. The highest BCUT2D eigenvalue weighted by Crippen LogP contribution is 2.26. The van der Waals surface area contributed by atoms with Gasteiger partial charge in [-0.25, -0.2) is 14.2 Å². The minimum atomic E-state index is -2.36. The third kappa shape index (κ3) is 5.77. The number of nitrogens with two attached hydrogens (primary N) is 1. The molecule has 4 N–H and O–H groups in total. The SMILES string of the molecule is NN(Cc1ccc(-c2cc(Cl)ccc2F)cc1)C[C@](O)(CC(=O)c1ccccc1)C(=O)O. The zero-order valence-electron chi connectivity index (χ0n) is 17.0. The maximum absolute atomic E-state index is 14.1. The molecule has 3 aromatic rings. The molecule has 3 rings (SSSR count). The summed E-state index contributed by atoms with van der Waals surface area (Å²) in [5.74, 6) is 3.51. The monoisotopic (exact) mass is 456 g/mol. The fourth-order valence-electron chi connectivity index (χ4n) is 3.33. The molecule has 0 saturated carbocycles. The van der Waals surface area contributed by atoms with Crippen LogP contribution in [0.4, 0.5) is 4.39 Å². The number of hydrogen-bond donors (Lipinski definition) is 3. The summed E-state index contributed by atoms with van der Waals surface area (Å²) in [4.78, 5) is 24.1. The van der Waals surface area contributed by atoms with Crippen molar-refractivity contribution in [3.8, 4) is 11.1 Å². The Labute approximate surface area is 189 Å². The molecule has 1 atom stereocenters. The zero-order valence-corrected chi connectivity index (χ0v) is 17.8. The number of carboxylic acids is 1. The summed E-state index contributed by atoms with van der Waals surface area (Å²) in [5.41, 5.74) is -0.368. The summed E-state index contributed by atoms with van der Waals surface area (Å²) in [7, 11) is 0. The Hall–Kier alpha value is -3.10. The first-order valence-corrected chi connectivity index (χ1v) is 10.1. The van der Waals surface area contributed by atoms with Gasteiger partial charge in [0.05, 0.1) is 13.0 Å². The standard InChI is InChI=1S/C24H22ClFN2O4/c25-19-10-11-21(26)20(12-19)17-8-6-16(7-9-17)14-28(27)15-24(32,23(30)31)13-22(29)18-4-2-1-3-5-18/h1-12,32H,13-15,27H2,(H,30,31)/t24-/m1/s1. The number of rotatable bonds is 9. The van der Waals surface area contributed by atoms with Crippen molar-refractivity contribution >= 4 is 23.4 Å². The molecule has 3 aromatic carbocycles. The van der Waals surface area contributed by atoms with Crippen LogP contribution in [0.3, 0.4) is 0 Å². The van der Waals surface area contributed by atoms with Crippen molar-refractivity contribution in [3.63, 3.8) is 0 Å². The van der Waals surface area contributed by atoms with E-state index in [-0.39, 0.29) is 6.54 Å². The number of carboxylic acid groups (broad SMARTS) is 1. The first-order valence-electron chi connectivity index (χ1n) is 9.76. The highest BCUT2D eigenvalue weighted by atomic mass is 35.5. The quantitative estimate of drug-likeness (QED) is 0.256. The number of hydrogen-bond acceptors (Lipinski definition) is 5. The largest absolute Gasteiger partial charge is 0.479 e. The van der Waals surface area contributed by atoms with E-state index >= 15 is 0 Å². The molecule has 0 radical (unpaired) electrons. The van der Waals surface area contributed by atoms with Crippen molar-refractivity contribution in [2.75, 3.05) is 6.54 Å². The summed E-state index contributed by atoms with van der Waals surface area (Å²) < 4.78 is 14.1. The van der Waals surface area contributed by atoms with Gasteiger partial charge in [-0.15, -0.1) is 0 Å². The van der Waals surface area contributed by atoms with Crippen molar-refractivity contribution in [1.82, 2.24) is 5.01 Å². The summed E-state index contributed by atoms with van der Waals surface area (Å²) in [6.45, 7) is -0.362. The lowest BCUT2D eigenvalue weighted by molar-refractivity contribution is -0.160. The number of aliphatic hydroxyl groups is 1. The van der Waals surface area contributed by atoms with Crippen LogP contribution in [0.1, 0.15) is 22.3 Å². The number of carbonyl (C=O) groups excluding carboxylic acids is 1. The van der Waals surface area contributed by atoms with Crippen molar-refractivity contribution in [1.29, 1.82) is 0 Å². The molecule has 0 amide bonds. The van der Waals surface area contributed by atoms with Gasteiger partial charge in [0.15, 0.2) is 11.4 Å². The van der Waals surface area contributed by atoms with Crippen molar-refractivity contribution in [2.24, 2.45) is 5.84 Å². The number of hydrazine groups is 1. The van der Waals surface area contributed by atoms with Crippen LogP contribution in [0.15, 0.2) is 72.8 Å². The third-order valence-electron chi connectivity index (χ3n) is 4.99. The Morgan fingerprint density at radius 2 is 1.69 bits per heavy atom. The summed E-state index contributed by atoms with van der Waals surface area (Å²) >= 11 is 5.94. The number of halogens is 2. The molecule has 166 valence electrons. The lowest BCUT2D eigenvalue weighted by Crippen LogP contribution is -2.52. The maximum atomic E-state index is 14.1. The second kappa shape index (κ2) is 10.0. The number of benzene rings is 3. The summed E-state index contributed by atoms with van der Waals surface area (Å²) in [6, 6.07) is 19.2. The summed E-state index contributed by atoms with van der Waals surface area (Å²) in [6.07, 6.45) is -0.618. The van der Waals surface area contributed by atoms with E-state index in [0.717, 1.165) is 5.01 Å². The van der Waals surface area contributed by atoms with Gasteiger partial charge in [-0.2, -0.15) is 0 Å². The average Bonchev–Trinajstić information content (AvgIpc) is 2.76. The Morgan fingerprint density at radius 1 is 1.03 bits per heavy atom. The zero-order chi connectivity index (χ0) is 23.3. The van der Waals surface area contributed by atoms with E-state index in [9.17, 15) is 24.2 Å². The topological polar surface area (TPSA) is 104 Å². The van der Waals surface area contributed by atoms with Crippen molar-refractivity contribution < 1.29 is 24.2 Å². The Morgan fingerprint density at radius 3 is 2.31 bits per heavy atom. The normalized spacial score (nSPS) is 13.0. The van der Waals surface area contributed by atoms with Crippen LogP contribution in [0.25, 0.3) is 11.1 Å². The van der Waals surface area contributed by atoms with Gasteiger partial charge in [-0.3, -0.25) is 10.6 Å². The summed E-state index contributed by atoms with van der Waals surface area (Å²) in [5, 5.41) is 21.7. The molecule has 6 nitrogen and oxygen atoms in total. The van der Waals surface area contributed by atoms with Gasteiger partial charge < -0.3 is 10.2 Å². The van der Waals surface area contributed by atoms with Gasteiger partial charge in [-0.05, 0) is 29.3 Å².